The van der Waals surface area contributed by atoms with Crippen LogP contribution in [0.1, 0.15) is 32.1 Å². The fourth-order valence-corrected chi connectivity index (χ4v) is 2.54. The molecule has 0 amide bonds. The molecule has 1 atom stereocenters. The summed E-state index contributed by atoms with van der Waals surface area (Å²) in [5.74, 6) is 0. The minimum absolute atomic E-state index is 0.0884. The van der Waals surface area contributed by atoms with E-state index < -0.39 is 0 Å². The highest BCUT2D eigenvalue weighted by molar-refractivity contribution is 4.93. The molecule has 4 nitrogen and oxygen atoms in total. The number of ether oxygens (including phenoxy) is 2. The molecule has 2 saturated heterocycles. The molecule has 1 unspecified atom stereocenters. The standard InChI is InChI=1S/C12H20N2O2/c13-5-1-2-8-15-11-9-12(16-10-11)3-6-14-7-4-12/h11,14H,1-4,6-10H2. The molecule has 0 aromatic rings. The highest BCUT2D eigenvalue weighted by Gasteiger charge is 2.41. The van der Waals surface area contributed by atoms with Gasteiger partial charge < -0.3 is 14.8 Å². The van der Waals surface area contributed by atoms with Gasteiger partial charge in [-0.2, -0.15) is 5.26 Å². The largest absolute Gasteiger partial charge is 0.376 e. The van der Waals surface area contributed by atoms with Crippen molar-refractivity contribution in [2.75, 3.05) is 26.3 Å². The SMILES string of the molecule is N#CCCCOC1COC2(CCNCC2)C1. The average molecular weight is 224 g/mol. The van der Waals surface area contributed by atoms with E-state index in [0.717, 1.165) is 45.4 Å². The molecule has 90 valence electrons. The van der Waals surface area contributed by atoms with Gasteiger partial charge in [0.05, 0.1) is 24.4 Å². The van der Waals surface area contributed by atoms with Crippen LogP contribution in [0.2, 0.25) is 0 Å². The number of nitrogens with zero attached hydrogens (tertiary/aromatic N) is 1. The molecular weight excluding hydrogens is 204 g/mol. The monoisotopic (exact) mass is 224 g/mol. The molecule has 0 radical (unpaired) electrons. The lowest BCUT2D eigenvalue weighted by atomic mass is 9.89. The molecule has 2 heterocycles. The Labute approximate surface area is 96.9 Å². The van der Waals surface area contributed by atoms with E-state index in [0.29, 0.717) is 13.0 Å². The lowest BCUT2D eigenvalue weighted by Gasteiger charge is -2.32. The zero-order chi connectivity index (χ0) is 11.3. The Morgan fingerprint density at radius 2 is 2.25 bits per heavy atom. The summed E-state index contributed by atoms with van der Waals surface area (Å²) in [6.07, 6.45) is 4.90. The second-order valence-electron chi connectivity index (χ2n) is 4.70. The highest BCUT2D eigenvalue weighted by atomic mass is 16.6. The van der Waals surface area contributed by atoms with Crippen molar-refractivity contribution < 1.29 is 9.47 Å². The van der Waals surface area contributed by atoms with Gasteiger partial charge in [-0.15, -0.1) is 0 Å². The summed E-state index contributed by atoms with van der Waals surface area (Å²) >= 11 is 0. The zero-order valence-electron chi connectivity index (χ0n) is 9.71. The van der Waals surface area contributed by atoms with Gasteiger partial charge in [0.25, 0.3) is 0 Å². The first-order valence-electron chi connectivity index (χ1n) is 6.18. The normalized spacial score (nSPS) is 28.1. The molecule has 1 N–H and O–H groups in total. The molecule has 2 aliphatic heterocycles. The first-order valence-corrected chi connectivity index (χ1v) is 6.18. The quantitative estimate of drug-likeness (QED) is 0.729. The molecular formula is C12H20N2O2. The summed E-state index contributed by atoms with van der Waals surface area (Å²) in [4.78, 5) is 0. The van der Waals surface area contributed by atoms with Crippen LogP contribution in [0.4, 0.5) is 0 Å². The fraction of sp³-hybridized carbons (Fsp3) is 0.917. The van der Waals surface area contributed by atoms with Crippen LogP contribution in [0.3, 0.4) is 0 Å². The van der Waals surface area contributed by atoms with E-state index in [1.54, 1.807) is 0 Å². The van der Waals surface area contributed by atoms with Gasteiger partial charge in [0.2, 0.25) is 0 Å². The third kappa shape index (κ3) is 2.94. The van der Waals surface area contributed by atoms with Crippen molar-refractivity contribution in [1.29, 1.82) is 5.26 Å². The summed E-state index contributed by atoms with van der Waals surface area (Å²) in [6, 6.07) is 2.13. The number of piperidine rings is 1. The van der Waals surface area contributed by atoms with E-state index in [9.17, 15) is 0 Å². The first-order chi connectivity index (χ1) is 7.85. The van der Waals surface area contributed by atoms with Gasteiger partial charge in [-0.1, -0.05) is 0 Å². The zero-order valence-corrected chi connectivity index (χ0v) is 9.71. The minimum Gasteiger partial charge on any atom is -0.376 e. The van der Waals surface area contributed by atoms with Crippen LogP contribution in [0.25, 0.3) is 0 Å². The van der Waals surface area contributed by atoms with Crippen LogP contribution in [0.5, 0.6) is 0 Å². The number of rotatable bonds is 4. The van der Waals surface area contributed by atoms with E-state index in [4.69, 9.17) is 14.7 Å². The molecule has 0 aromatic heterocycles. The maximum Gasteiger partial charge on any atom is 0.0836 e. The summed E-state index contributed by atoms with van der Waals surface area (Å²) in [6.45, 7) is 3.53. The van der Waals surface area contributed by atoms with Crippen molar-refractivity contribution in [3.8, 4) is 6.07 Å². The lowest BCUT2D eigenvalue weighted by Crippen LogP contribution is -2.41. The van der Waals surface area contributed by atoms with Crippen molar-refractivity contribution in [3.63, 3.8) is 0 Å². The Morgan fingerprint density at radius 3 is 3.00 bits per heavy atom. The topological polar surface area (TPSA) is 54.3 Å². The number of nitriles is 1. The minimum atomic E-state index is 0.0884. The lowest BCUT2D eigenvalue weighted by molar-refractivity contribution is -0.0233. The predicted molar refractivity (Wildman–Crippen MR) is 60.0 cm³/mol. The van der Waals surface area contributed by atoms with Crippen molar-refractivity contribution in [3.05, 3.63) is 0 Å². The van der Waals surface area contributed by atoms with Crippen molar-refractivity contribution >= 4 is 0 Å². The van der Waals surface area contributed by atoms with Crippen LogP contribution in [0, 0.1) is 11.3 Å². The smallest absolute Gasteiger partial charge is 0.0836 e. The number of nitrogens with one attached hydrogen (secondary N) is 1. The summed E-state index contributed by atoms with van der Waals surface area (Å²) in [5.41, 5.74) is 0.0884. The van der Waals surface area contributed by atoms with Gasteiger partial charge in [-0.25, -0.2) is 0 Å². The van der Waals surface area contributed by atoms with Crippen LogP contribution < -0.4 is 5.32 Å². The summed E-state index contributed by atoms with van der Waals surface area (Å²) < 4.78 is 11.7. The number of unbranched alkanes of at least 4 members (excludes halogenated alkanes) is 1. The Kier molecular flexibility index (Phi) is 4.16. The van der Waals surface area contributed by atoms with Gasteiger partial charge in [0.1, 0.15) is 0 Å². The van der Waals surface area contributed by atoms with Crippen molar-refractivity contribution in [1.82, 2.24) is 5.32 Å². The number of hydrogen-bond acceptors (Lipinski definition) is 4. The van der Waals surface area contributed by atoms with Crippen LogP contribution in [-0.4, -0.2) is 38.0 Å². The van der Waals surface area contributed by atoms with Gasteiger partial charge in [0.15, 0.2) is 0 Å². The Morgan fingerprint density at radius 1 is 1.44 bits per heavy atom. The van der Waals surface area contributed by atoms with Gasteiger partial charge in [-0.05, 0) is 32.4 Å². The van der Waals surface area contributed by atoms with E-state index in [1.165, 1.54) is 0 Å². The molecule has 4 heteroatoms. The number of hydrogen-bond donors (Lipinski definition) is 1. The molecule has 0 saturated carbocycles. The summed E-state index contributed by atoms with van der Waals surface area (Å²) in [5, 5.41) is 11.8. The van der Waals surface area contributed by atoms with Gasteiger partial charge in [-0.3, -0.25) is 0 Å². The van der Waals surface area contributed by atoms with Gasteiger partial charge >= 0.3 is 0 Å². The molecule has 2 rings (SSSR count). The second kappa shape index (κ2) is 5.62. The molecule has 1 spiro atoms. The van der Waals surface area contributed by atoms with Gasteiger partial charge in [0, 0.05) is 19.4 Å². The average Bonchev–Trinajstić information content (AvgIpc) is 2.69. The van der Waals surface area contributed by atoms with E-state index in [1.807, 2.05) is 0 Å². The van der Waals surface area contributed by atoms with Crippen molar-refractivity contribution in [2.24, 2.45) is 0 Å². The second-order valence-corrected chi connectivity index (χ2v) is 4.70. The molecule has 16 heavy (non-hydrogen) atoms. The molecule has 0 bridgehead atoms. The van der Waals surface area contributed by atoms with Crippen molar-refractivity contribution in [2.45, 2.75) is 43.8 Å². The fourth-order valence-electron chi connectivity index (χ4n) is 2.54. The van der Waals surface area contributed by atoms with E-state index in [-0.39, 0.29) is 11.7 Å². The third-order valence-electron chi connectivity index (χ3n) is 3.48. The molecule has 2 fully saturated rings. The van der Waals surface area contributed by atoms with Crippen LogP contribution in [0.15, 0.2) is 0 Å². The predicted octanol–water partition coefficient (Wildman–Crippen LogP) is 1.22. The Hall–Kier alpha value is -0.630. The van der Waals surface area contributed by atoms with Crippen LogP contribution in [-0.2, 0) is 9.47 Å². The molecule has 0 aromatic carbocycles. The highest BCUT2D eigenvalue weighted by Crippen LogP contribution is 2.35. The third-order valence-corrected chi connectivity index (χ3v) is 3.48. The van der Waals surface area contributed by atoms with Crippen LogP contribution >= 0.6 is 0 Å². The molecule has 0 aliphatic carbocycles. The summed E-state index contributed by atoms with van der Waals surface area (Å²) in [7, 11) is 0. The maximum absolute atomic E-state index is 8.42. The Balaban J connectivity index is 1.69. The van der Waals surface area contributed by atoms with E-state index in [2.05, 4.69) is 11.4 Å². The Bertz CT molecular complexity index is 256. The maximum atomic E-state index is 8.42. The van der Waals surface area contributed by atoms with E-state index >= 15 is 0 Å². The molecule has 2 aliphatic rings. The first kappa shape index (κ1) is 11.8.